The number of anilines is 1. The molecule has 0 fully saturated rings. The molecule has 0 saturated heterocycles. The molecule has 0 bridgehead atoms. The van der Waals surface area contributed by atoms with Gasteiger partial charge < -0.3 is 5.73 Å². The normalized spacial score (nSPS) is 11.4. The van der Waals surface area contributed by atoms with E-state index >= 15 is 0 Å². The summed E-state index contributed by atoms with van der Waals surface area (Å²) in [6.45, 7) is 5.60. The molecular weight excluding hydrogens is 292 g/mol. The molecule has 1 rings (SSSR count). The van der Waals surface area contributed by atoms with Crippen LogP contribution in [0.25, 0.3) is 0 Å². The number of hydrogen-bond donors (Lipinski definition) is 2. The number of nitrogens with one attached hydrogen (secondary N) is 1. The van der Waals surface area contributed by atoms with Gasteiger partial charge in [-0.15, -0.1) is 0 Å². The van der Waals surface area contributed by atoms with Gasteiger partial charge in [0.2, 0.25) is 10.0 Å². The summed E-state index contributed by atoms with van der Waals surface area (Å²) < 4.78 is 26.6. The van der Waals surface area contributed by atoms with Gasteiger partial charge in [0.1, 0.15) is 0 Å². The Morgan fingerprint density at radius 2 is 2.19 bits per heavy atom. The maximum absolute atomic E-state index is 11.8. The van der Waals surface area contributed by atoms with Crippen LogP contribution in [0.3, 0.4) is 0 Å². The fourth-order valence-electron chi connectivity index (χ4n) is 1.03. The molecule has 3 N–H and O–H groups in total. The third kappa shape index (κ3) is 3.33. The lowest BCUT2D eigenvalue weighted by atomic mass is 10.3. The molecule has 0 aliphatic heterocycles. The van der Waals surface area contributed by atoms with E-state index in [2.05, 4.69) is 27.2 Å². The molecule has 0 heterocycles. The highest BCUT2D eigenvalue weighted by molar-refractivity contribution is 9.10. The fraction of sp³-hybridized carbons (Fsp3) is 0.200. The molecule has 0 aliphatic rings. The second-order valence-corrected chi connectivity index (χ2v) is 6.06. The van der Waals surface area contributed by atoms with Gasteiger partial charge in [-0.2, -0.15) is 0 Å². The summed E-state index contributed by atoms with van der Waals surface area (Å²) in [7, 11) is -3.52. The first-order valence-corrected chi connectivity index (χ1v) is 6.79. The summed E-state index contributed by atoms with van der Waals surface area (Å²) in [6.07, 6.45) is 0. The van der Waals surface area contributed by atoms with Crippen LogP contribution in [0, 0.1) is 0 Å². The monoisotopic (exact) mass is 304 g/mol. The van der Waals surface area contributed by atoms with Gasteiger partial charge in [0.15, 0.2) is 0 Å². The molecule has 0 aromatic heterocycles. The van der Waals surface area contributed by atoms with Gasteiger partial charge in [-0.3, -0.25) is 0 Å². The van der Waals surface area contributed by atoms with E-state index in [0.29, 0.717) is 10.2 Å². The Balaban J connectivity index is 3.03. The molecule has 6 heteroatoms. The average molecular weight is 305 g/mol. The molecule has 1 aromatic rings. The maximum Gasteiger partial charge on any atom is 0.241 e. The topological polar surface area (TPSA) is 72.2 Å². The fourth-order valence-corrected chi connectivity index (χ4v) is 3.22. The van der Waals surface area contributed by atoms with Crippen molar-refractivity contribution < 1.29 is 8.42 Å². The van der Waals surface area contributed by atoms with Gasteiger partial charge in [-0.1, -0.05) is 12.2 Å². The number of benzene rings is 1. The molecule has 0 atom stereocenters. The molecule has 0 amide bonds. The number of hydrogen-bond acceptors (Lipinski definition) is 3. The first-order chi connectivity index (χ1) is 7.33. The lowest BCUT2D eigenvalue weighted by molar-refractivity contribution is 0.584. The standard InChI is InChI=1S/C10H13BrN2O2S/c1-7(2)6-13-16(14,15)10-4-3-8(12)5-9(10)11/h3-5,13H,1,6,12H2,2H3. The van der Waals surface area contributed by atoms with Gasteiger partial charge >= 0.3 is 0 Å². The third-order valence-electron chi connectivity index (χ3n) is 1.81. The molecule has 0 unspecified atom stereocenters. The van der Waals surface area contributed by atoms with Crippen molar-refractivity contribution in [3.63, 3.8) is 0 Å². The molecule has 16 heavy (non-hydrogen) atoms. The molecule has 0 saturated carbocycles. The zero-order chi connectivity index (χ0) is 12.3. The van der Waals surface area contributed by atoms with Gasteiger partial charge in [-0.25, -0.2) is 13.1 Å². The van der Waals surface area contributed by atoms with Crippen LogP contribution in [-0.2, 0) is 10.0 Å². The van der Waals surface area contributed by atoms with Crippen LogP contribution in [0.15, 0.2) is 39.7 Å². The van der Waals surface area contributed by atoms with E-state index in [1.54, 1.807) is 19.1 Å². The summed E-state index contributed by atoms with van der Waals surface area (Å²) in [5, 5.41) is 0. The Kier molecular flexibility index (Phi) is 4.12. The zero-order valence-corrected chi connectivity index (χ0v) is 11.2. The first-order valence-electron chi connectivity index (χ1n) is 4.52. The van der Waals surface area contributed by atoms with Gasteiger partial charge in [0.25, 0.3) is 0 Å². The van der Waals surface area contributed by atoms with Gasteiger partial charge in [0, 0.05) is 16.7 Å². The van der Waals surface area contributed by atoms with E-state index in [4.69, 9.17) is 5.73 Å². The summed E-state index contributed by atoms with van der Waals surface area (Å²) in [4.78, 5) is 0.169. The van der Waals surface area contributed by atoms with Crippen LogP contribution in [0.1, 0.15) is 6.92 Å². The Morgan fingerprint density at radius 3 is 2.69 bits per heavy atom. The van der Waals surface area contributed by atoms with E-state index in [1.165, 1.54) is 6.07 Å². The number of halogens is 1. The van der Waals surface area contributed by atoms with E-state index in [0.717, 1.165) is 5.57 Å². The summed E-state index contributed by atoms with van der Waals surface area (Å²) >= 11 is 3.17. The molecule has 88 valence electrons. The van der Waals surface area contributed by atoms with Gasteiger partial charge in [0.05, 0.1) is 4.90 Å². The van der Waals surface area contributed by atoms with Crippen molar-refractivity contribution in [1.29, 1.82) is 0 Å². The predicted molar refractivity (Wildman–Crippen MR) is 68.6 cm³/mol. The van der Waals surface area contributed by atoms with Crippen molar-refractivity contribution in [3.05, 3.63) is 34.8 Å². The SMILES string of the molecule is C=C(C)CNS(=O)(=O)c1ccc(N)cc1Br. The van der Waals surface area contributed by atoms with E-state index in [-0.39, 0.29) is 11.4 Å². The van der Waals surface area contributed by atoms with Crippen LogP contribution in [0.2, 0.25) is 0 Å². The minimum atomic E-state index is -3.52. The zero-order valence-electron chi connectivity index (χ0n) is 8.83. The van der Waals surface area contributed by atoms with Crippen molar-refractivity contribution in [2.24, 2.45) is 0 Å². The highest BCUT2D eigenvalue weighted by atomic mass is 79.9. The average Bonchev–Trinajstić information content (AvgIpc) is 2.14. The van der Waals surface area contributed by atoms with Crippen LogP contribution >= 0.6 is 15.9 Å². The largest absolute Gasteiger partial charge is 0.399 e. The van der Waals surface area contributed by atoms with Gasteiger partial charge in [-0.05, 0) is 41.1 Å². The van der Waals surface area contributed by atoms with Crippen LogP contribution in [0.5, 0.6) is 0 Å². The van der Waals surface area contributed by atoms with Crippen LogP contribution in [-0.4, -0.2) is 15.0 Å². The molecule has 0 aliphatic carbocycles. The molecule has 0 spiro atoms. The minimum absolute atomic E-state index is 0.169. The summed E-state index contributed by atoms with van der Waals surface area (Å²) in [6, 6.07) is 4.55. The van der Waals surface area contributed by atoms with Crippen molar-refractivity contribution in [2.75, 3.05) is 12.3 Å². The van der Waals surface area contributed by atoms with Crippen LogP contribution < -0.4 is 10.5 Å². The lowest BCUT2D eigenvalue weighted by Gasteiger charge is -2.08. The summed E-state index contributed by atoms with van der Waals surface area (Å²) in [5.41, 5.74) is 6.78. The quantitative estimate of drug-likeness (QED) is 0.659. The summed E-state index contributed by atoms with van der Waals surface area (Å²) in [5.74, 6) is 0. The van der Waals surface area contributed by atoms with E-state index < -0.39 is 10.0 Å². The first kappa shape index (κ1) is 13.2. The number of nitrogen functional groups attached to an aromatic ring is 1. The van der Waals surface area contributed by atoms with Crippen LogP contribution in [0.4, 0.5) is 5.69 Å². The van der Waals surface area contributed by atoms with E-state index in [9.17, 15) is 8.42 Å². The second-order valence-electron chi connectivity index (χ2n) is 3.47. The Hall–Kier alpha value is -0.850. The highest BCUT2D eigenvalue weighted by Crippen LogP contribution is 2.23. The smallest absolute Gasteiger partial charge is 0.241 e. The number of nitrogens with two attached hydrogens (primary N) is 1. The Labute approximate surface area is 104 Å². The maximum atomic E-state index is 11.8. The van der Waals surface area contributed by atoms with Crippen molar-refractivity contribution in [2.45, 2.75) is 11.8 Å². The molecule has 1 aromatic carbocycles. The predicted octanol–water partition coefficient (Wildman–Crippen LogP) is 1.89. The molecule has 0 radical (unpaired) electrons. The van der Waals surface area contributed by atoms with Crippen molar-refractivity contribution in [3.8, 4) is 0 Å². The van der Waals surface area contributed by atoms with E-state index in [1.807, 2.05) is 0 Å². The third-order valence-corrected chi connectivity index (χ3v) is 4.19. The Morgan fingerprint density at radius 1 is 1.56 bits per heavy atom. The lowest BCUT2D eigenvalue weighted by Crippen LogP contribution is -2.25. The second kappa shape index (κ2) is 4.99. The van der Waals surface area contributed by atoms with Crippen molar-refractivity contribution >= 4 is 31.6 Å². The molecule has 4 nitrogen and oxygen atoms in total. The highest BCUT2D eigenvalue weighted by Gasteiger charge is 2.16. The number of rotatable bonds is 4. The Bertz CT molecular complexity index is 512. The van der Waals surface area contributed by atoms with Crippen molar-refractivity contribution in [1.82, 2.24) is 4.72 Å². The molecular formula is C10H13BrN2O2S. The minimum Gasteiger partial charge on any atom is -0.399 e. The number of sulfonamides is 1.